The Bertz CT molecular complexity index is 725. The van der Waals surface area contributed by atoms with Gasteiger partial charge in [-0.2, -0.15) is 0 Å². The van der Waals surface area contributed by atoms with Crippen molar-refractivity contribution >= 4 is 23.6 Å². The number of aryl methyl sites for hydroxylation is 1. The van der Waals surface area contributed by atoms with Gasteiger partial charge in [0.25, 0.3) is 11.6 Å². The van der Waals surface area contributed by atoms with Crippen molar-refractivity contribution in [1.29, 1.82) is 0 Å². The lowest BCUT2D eigenvalue weighted by molar-refractivity contribution is -0.385. The highest BCUT2D eigenvalue weighted by atomic mass is 16.6. The van der Waals surface area contributed by atoms with Crippen LogP contribution in [0.3, 0.4) is 0 Å². The molecule has 0 atom stereocenters. The summed E-state index contributed by atoms with van der Waals surface area (Å²) in [4.78, 5) is 33.0. The molecule has 21 heavy (non-hydrogen) atoms. The predicted octanol–water partition coefficient (Wildman–Crippen LogP) is 2.97. The monoisotopic (exact) mass is 284 g/mol. The number of carbonyl (C=O) groups excluding carboxylic acids is 2. The summed E-state index contributed by atoms with van der Waals surface area (Å²) < 4.78 is 0. The van der Waals surface area contributed by atoms with E-state index in [1.807, 2.05) is 0 Å². The third-order valence-electron chi connectivity index (χ3n) is 2.94. The molecule has 2 aromatic carbocycles. The van der Waals surface area contributed by atoms with E-state index in [9.17, 15) is 19.7 Å². The van der Waals surface area contributed by atoms with Gasteiger partial charge in [0.15, 0.2) is 0 Å². The summed E-state index contributed by atoms with van der Waals surface area (Å²) in [5, 5.41) is 13.4. The first-order valence-electron chi connectivity index (χ1n) is 6.13. The first kappa shape index (κ1) is 14.4. The Morgan fingerprint density at radius 1 is 1.24 bits per heavy atom. The van der Waals surface area contributed by atoms with E-state index in [0.29, 0.717) is 28.7 Å². The molecule has 1 N–H and O–H groups in total. The van der Waals surface area contributed by atoms with Crippen LogP contribution in [0.2, 0.25) is 0 Å². The lowest BCUT2D eigenvalue weighted by Crippen LogP contribution is -2.12. The van der Waals surface area contributed by atoms with E-state index in [4.69, 9.17) is 0 Å². The van der Waals surface area contributed by atoms with Crippen LogP contribution in [-0.4, -0.2) is 17.1 Å². The quantitative estimate of drug-likeness (QED) is 0.531. The summed E-state index contributed by atoms with van der Waals surface area (Å²) in [6.45, 7) is 1.57. The second kappa shape index (κ2) is 5.96. The largest absolute Gasteiger partial charge is 0.322 e. The van der Waals surface area contributed by atoms with E-state index < -0.39 is 10.8 Å². The predicted molar refractivity (Wildman–Crippen MR) is 77.6 cm³/mol. The standard InChI is InChI=1S/C15H12N2O4/c1-10-7-12(5-6-14(10)17(20)21)15(19)16-13-4-2-3-11(8-13)9-18/h2-9H,1H3,(H,16,19). The average Bonchev–Trinajstić information content (AvgIpc) is 2.46. The van der Waals surface area contributed by atoms with Crippen molar-refractivity contribution in [1.82, 2.24) is 0 Å². The minimum absolute atomic E-state index is 0.0329. The van der Waals surface area contributed by atoms with Crippen LogP contribution < -0.4 is 5.32 Å². The Hall–Kier alpha value is -3.02. The molecule has 0 saturated heterocycles. The molecular weight excluding hydrogens is 272 g/mol. The van der Waals surface area contributed by atoms with Crippen LogP contribution in [0, 0.1) is 17.0 Å². The van der Waals surface area contributed by atoms with Gasteiger partial charge in [-0.05, 0) is 31.2 Å². The van der Waals surface area contributed by atoms with Gasteiger partial charge in [-0.15, -0.1) is 0 Å². The number of rotatable bonds is 4. The van der Waals surface area contributed by atoms with Crippen LogP contribution >= 0.6 is 0 Å². The van der Waals surface area contributed by atoms with Crippen LogP contribution in [0.25, 0.3) is 0 Å². The Morgan fingerprint density at radius 3 is 2.62 bits per heavy atom. The van der Waals surface area contributed by atoms with Crippen molar-refractivity contribution in [2.75, 3.05) is 5.32 Å². The molecule has 106 valence electrons. The second-order valence-corrected chi connectivity index (χ2v) is 4.46. The maximum atomic E-state index is 12.1. The number of hydrogen-bond acceptors (Lipinski definition) is 4. The number of benzene rings is 2. The minimum atomic E-state index is -0.495. The number of nitrogens with one attached hydrogen (secondary N) is 1. The maximum Gasteiger partial charge on any atom is 0.272 e. The zero-order valence-electron chi connectivity index (χ0n) is 11.2. The fourth-order valence-corrected chi connectivity index (χ4v) is 1.89. The first-order valence-corrected chi connectivity index (χ1v) is 6.13. The molecule has 0 aliphatic heterocycles. The van der Waals surface area contributed by atoms with Gasteiger partial charge < -0.3 is 5.32 Å². The Labute approximate surface area is 120 Å². The van der Waals surface area contributed by atoms with E-state index >= 15 is 0 Å². The van der Waals surface area contributed by atoms with Gasteiger partial charge >= 0.3 is 0 Å². The van der Waals surface area contributed by atoms with E-state index in [1.54, 1.807) is 31.2 Å². The van der Waals surface area contributed by atoms with Crippen molar-refractivity contribution in [3.05, 3.63) is 69.3 Å². The van der Waals surface area contributed by atoms with Crippen molar-refractivity contribution in [2.45, 2.75) is 6.92 Å². The zero-order valence-corrected chi connectivity index (χ0v) is 11.2. The third kappa shape index (κ3) is 3.30. The van der Waals surface area contributed by atoms with Gasteiger partial charge in [0.2, 0.25) is 0 Å². The van der Waals surface area contributed by atoms with Gasteiger partial charge in [0.05, 0.1) is 4.92 Å². The molecule has 0 saturated carbocycles. The van der Waals surface area contributed by atoms with Crippen molar-refractivity contribution in [3.63, 3.8) is 0 Å². The molecule has 0 radical (unpaired) electrons. The number of nitrogens with zero attached hydrogens (tertiary/aromatic N) is 1. The molecule has 0 heterocycles. The highest BCUT2D eigenvalue weighted by Crippen LogP contribution is 2.19. The van der Waals surface area contributed by atoms with Gasteiger partial charge in [-0.3, -0.25) is 19.7 Å². The average molecular weight is 284 g/mol. The normalized spacial score (nSPS) is 9.95. The molecule has 6 nitrogen and oxygen atoms in total. The van der Waals surface area contributed by atoms with Crippen LogP contribution in [-0.2, 0) is 0 Å². The summed E-state index contributed by atoms with van der Waals surface area (Å²) in [7, 11) is 0. The Balaban J connectivity index is 2.22. The number of aldehydes is 1. The highest BCUT2D eigenvalue weighted by molar-refractivity contribution is 6.04. The maximum absolute atomic E-state index is 12.1. The SMILES string of the molecule is Cc1cc(C(=O)Nc2cccc(C=O)c2)ccc1[N+](=O)[O-]. The second-order valence-electron chi connectivity index (χ2n) is 4.46. The molecule has 0 aliphatic rings. The van der Waals surface area contributed by atoms with Gasteiger partial charge in [-0.25, -0.2) is 0 Å². The molecule has 0 fully saturated rings. The summed E-state index contributed by atoms with van der Waals surface area (Å²) >= 11 is 0. The molecule has 0 spiro atoms. The fourth-order valence-electron chi connectivity index (χ4n) is 1.89. The molecule has 0 unspecified atom stereocenters. The smallest absolute Gasteiger partial charge is 0.272 e. The van der Waals surface area contributed by atoms with Gasteiger partial charge in [0.1, 0.15) is 6.29 Å². The highest BCUT2D eigenvalue weighted by Gasteiger charge is 2.13. The summed E-state index contributed by atoms with van der Waals surface area (Å²) in [6, 6.07) is 10.6. The van der Waals surface area contributed by atoms with E-state index in [2.05, 4.69) is 5.32 Å². The molecule has 0 bridgehead atoms. The topological polar surface area (TPSA) is 89.3 Å². The number of hydrogen-bond donors (Lipinski definition) is 1. The summed E-state index contributed by atoms with van der Waals surface area (Å²) in [6.07, 6.45) is 0.686. The van der Waals surface area contributed by atoms with E-state index in [1.165, 1.54) is 18.2 Å². The van der Waals surface area contributed by atoms with Crippen LogP contribution in [0.4, 0.5) is 11.4 Å². The van der Waals surface area contributed by atoms with Crippen molar-refractivity contribution in [3.8, 4) is 0 Å². The first-order chi connectivity index (χ1) is 10.0. The number of nitro groups is 1. The number of amides is 1. The zero-order chi connectivity index (χ0) is 15.4. The summed E-state index contributed by atoms with van der Waals surface area (Å²) in [5.74, 6) is -0.393. The van der Waals surface area contributed by atoms with Crippen LogP contribution in [0.1, 0.15) is 26.3 Å². The number of anilines is 1. The molecule has 0 aliphatic carbocycles. The van der Waals surface area contributed by atoms with Crippen molar-refractivity contribution in [2.24, 2.45) is 0 Å². The lowest BCUT2D eigenvalue weighted by Gasteiger charge is -2.06. The van der Waals surface area contributed by atoms with E-state index in [-0.39, 0.29) is 5.69 Å². The minimum Gasteiger partial charge on any atom is -0.322 e. The van der Waals surface area contributed by atoms with Crippen LogP contribution in [0.5, 0.6) is 0 Å². The Kier molecular flexibility index (Phi) is 4.08. The molecule has 2 rings (SSSR count). The molecular formula is C15H12N2O4. The number of carbonyl (C=O) groups is 2. The lowest BCUT2D eigenvalue weighted by atomic mass is 10.1. The number of nitro benzene ring substituents is 1. The molecule has 6 heteroatoms. The van der Waals surface area contributed by atoms with Gasteiger partial charge in [0, 0.05) is 28.4 Å². The van der Waals surface area contributed by atoms with E-state index in [0.717, 1.165) is 0 Å². The molecule has 1 amide bonds. The van der Waals surface area contributed by atoms with Crippen molar-refractivity contribution < 1.29 is 14.5 Å². The Morgan fingerprint density at radius 2 is 2.00 bits per heavy atom. The third-order valence-corrected chi connectivity index (χ3v) is 2.94. The fraction of sp³-hybridized carbons (Fsp3) is 0.0667. The van der Waals surface area contributed by atoms with Crippen LogP contribution in [0.15, 0.2) is 42.5 Å². The molecule has 0 aromatic heterocycles. The van der Waals surface area contributed by atoms with Gasteiger partial charge in [-0.1, -0.05) is 12.1 Å². The summed E-state index contributed by atoms with van der Waals surface area (Å²) in [5.41, 5.74) is 1.63. The molecule has 2 aromatic rings.